The van der Waals surface area contributed by atoms with E-state index in [2.05, 4.69) is 20.6 Å². The standard InChI is InChI=1S/C19H27N5O2S/c1-13(26-5)18-23-16(12-27-18)11-24(4)19(21-3)22-10-14-6-8-15(9-7-14)17(25)20-2/h6-9,12-13H,10-11H2,1-5H3,(H,20,25)(H,21,22). The molecule has 2 rings (SSSR count). The first-order valence-corrected chi connectivity index (χ1v) is 9.56. The van der Waals surface area contributed by atoms with Crippen molar-refractivity contribution < 1.29 is 9.53 Å². The Morgan fingerprint density at radius 3 is 2.67 bits per heavy atom. The third kappa shape index (κ3) is 5.77. The molecule has 1 atom stereocenters. The highest BCUT2D eigenvalue weighted by molar-refractivity contribution is 7.09. The first-order chi connectivity index (χ1) is 13.0. The number of aromatic nitrogens is 1. The van der Waals surface area contributed by atoms with Crippen molar-refractivity contribution in [3.8, 4) is 0 Å². The highest BCUT2D eigenvalue weighted by Crippen LogP contribution is 2.20. The second kappa shape index (κ2) is 10.0. The molecule has 27 heavy (non-hydrogen) atoms. The number of methoxy groups -OCH3 is 1. The SMILES string of the molecule is CN=C(NCc1ccc(C(=O)NC)cc1)N(C)Cc1csc(C(C)OC)n1. The summed E-state index contributed by atoms with van der Waals surface area (Å²) in [4.78, 5) is 22.6. The Morgan fingerprint density at radius 1 is 1.37 bits per heavy atom. The molecule has 146 valence electrons. The highest BCUT2D eigenvalue weighted by atomic mass is 32.1. The third-order valence-corrected chi connectivity index (χ3v) is 5.19. The Labute approximate surface area is 164 Å². The Hall–Kier alpha value is -2.45. The molecule has 2 aromatic rings. The number of hydrogen-bond donors (Lipinski definition) is 2. The van der Waals surface area contributed by atoms with Crippen molar-refractivity contribution in [1.82, 2.24) is 20.5 Å². The maximum Gasteiger partial charge on any atom is 0.251 e. The van der Waals surface area contributed by atoms with Crippen molar-refractivity contribution in [1.29, 1.82) is 0 Å². The summed E-state index contributed by atoms with van der Waals surface area (Å²) in [5.74, 6) is 0.690. The van der Waals surface area contributed by atoms with Gasteiger partial charge in [0.2, 0.25) is 0 Å². The number of ether oxygens (including phenoxy) is 1. The quantitative estimate of drug-likeness (QED) is 0.562. The predicted octanol–water partition coefficient (Wildman–Crippen LogP) is 2.42. The van der Waals surface area contributed by atoms with Gasteiger partial charge in [0.1, 0.15) is 11.1 Å². The van der Waals surface area contributed by atoms with E-state index in [0.29, 0.717) is 18.7 Å². The summed E-state index contributed by atoms with van der Waals surface area (Å²) in [5, 5.41) is 8.97. The van der Waals surface area contributed by atoms with E-state index in [0.717, 1.165) is 22.2 Å². The van der Waals surface area contributed by atoms with Crippen LogP contribution in [0.2, 0.25) is 0 Å². The summed E-state index contributed by atoms with van der Waals surface area (Å²) in [6, 6.07) is 7.50. The summed E-state index contributed by atoms with van der Waals surface area (Å²) in [7, 11) is 7.04. The number of nitrogens with one attached hydrogen (secondary N) is 2. The van der Waals surface area contributed by atoms with E-state index in [1.54, 1.807) is 32.5 Å². The number of aliphatic imine (C=N–C) groups is 1. The smallest absolute Gasteiger partial charge is 0.251 e. The maximum atomic E-state index is 11.6. The Morgan fingerprint density at radius 2 is 2.07 bits per heavy atom. The lowest BCUT2D eigenvalue weighted by molar-refractivity contribution is 0.0963. The lowest BCUT2D eigenvalue weighted by atomic mass is 10.1. The molecule has 0 spiro atoms. The van der Waals surface area contributed by atoms with Crippen LogP contribution in [0, 0.1) is 0 Å². The summed E-state index contributed by atoms with van der Waals surface area (Å²) in [6.07, 6.45) is 0.00394. The zero-order chi connectivity index (χ0) is 19.8. The van der Waals surface area contributed by atoms with Crippen molar-refractivity contribution >= 4 is 23.2 Å². The summed E-state index contributed by atoms with van der Waals surface area (Å²) in [6.45, 7) is 3.26. The number of carbonyl (C=O) groups excluding carboxylic acids is 1. The fourth-order valence-electron chi connectivity index (χ4n) is 2.48. The van der Waals surface area contributed by atoms with E-state index in [1.165, 1.54) is 0 Å². The maximum absolute atomic E-state index is 11.6. The van der Waals surface area contributed by atoms with E-state index in [1.807, 2.05) is 48.5 Å². The molecular weight excluding hydrogens is 362 g/mol. The molecule has 1 amide bonds. The fraction of sp³-hybridized carbons (Fsp3) is 0.421. The van der Waals surface area contributed by atoms with Gasteiger partial charge in [-0.15, -0.1) is 11.3 Å². The molecule has 1 aromatic heterocycles. The monoisotopic (exact) mass is 389 g/mol. The molecule has 2 N–H and O–H groups in total. The van der Waals surface area contributed by atoms with E-state index in [-0.39, 0.29) is 12.0 Å². The average Bonchev–Trinajstić information content (AvgIpc) is 3.16. The third-order valence-electron chi connectivity index (χ3n) is 4.14. The zero-order valence-corrected chi connectivity index (χ0v) is 17.3. The van der Waals surface area contributed by atoms with E-state index < -0.39 is 0 Å². The van der Waals surface area contributed by atoms with Gasteiger partial charge in [-0.05, 0) is 24.6 Å². The molecule has 7 nitrogen and oxygen atoms in total. The second-order valence-corrected chi connectivity index (χ2v) is 6.98. The van der Waals surface area contributed by atoms with Crippen molar-refractivity contribution in [2.24, 2.45) is 4.99 Å². The minimum absolute atomic E-state index is 0.00394. The summed E-state index contributed by atoms with van der Waals surface area (Å²) < 4.78 is 5.31. The first-order valence-electron chi connectivity index (χ1n) is 8.68. The lowest BCUT2D eigenvalue weighted by Gasteiger charge is -2.21. The number of carbonyl (C=O) groups is 1. The predicted molar refractivity (Wildman–Crippen MR) is 109 cm³/mol. The van der Waals surface area contributed by atoms with Gasteiger partial charge in [-0.3, -0.25) is 9.79 Å². The van der Waals surface area contributed by atoms with Gasteiger partial charge in [-0.25, -0.2) is 4.98 Å². The van der Waals surface area contributed by atoms with Gasteiger partial charge in [0.25, 0.3) is 5.91 Å². The Bertz CT molecular complexity index is 773. The molecule has 0 aliphatic carbocycles. The van der Waals surface area contributed by atoms with Gasteiger partial charge < -0.3 is 20.3 Å². The van der Waals surface area contributed by atoms with E-state index in [9.17, 15) is 4.79 Å². The van der Waals surface area contributed by atoms with Gasteiger partial charge in [0.15, 0.2) is 5.96 Å². The van der Waals surface area contributed by atoms with Crippen LogP contribution < -0.4 is 10.6 Å². The van der Waals surface area contributed by atoms with Crippen LogP contribution in [0.3, 0.4) is 0 Å². The molecule has 1 aromatic carbocycles. The van der Waals surface area contributed by atoms with E-state index in [4.69, 9.17) is 4.74 Å². The van der Waals surface area contributed by atoms with Crippen LogP contribution in [0.5, 0.6) is 0 Å². The van der Waals surface area contributed by atoms with Crippen molar-refractivity contribution in [2.45, 2.75) is 26.1 Å². The topological polar surface area (TPSA) is 78.9 Å². The summed E-state index contributed by atoms with van der Waals surface area (Å²) >= 11 is 1.60. The highest BCUT2D eigenvalue weighted by Gasteiger charge is 2.12. The zero-order valence-electron chi connectivity index (χ0n) is 16.4. The first kappa shape index (κ1) is 20.9. The number of amides is 1. The Kier molecular flexibility index (Phi) is 7.75. The van der Waals surface area contributed by atoms with Crippen LogP contribution in [0.4, 0.5) is 0 Å². The minimum atomic E-state index is -0.0875. The lowest BCUT2D eigenvalue weighted by Crippen LogP contribution is -2.38. The van der Waals surface area contributed by atoms with Crippen molar-refractivity contribution in [2.75, 3.05) is 28.3 Å². The second-order valence-electron chi connectivity index (χ2n) is 6.09. The van der Waals surface area contributed by atoms with Crippen LogP contribution in [0.25, 0.3) is 0 Å². The van der Waals surface area contributed by atoms with E-state index >= 15 is 0 Å². The number of benzene rings is 1. The number of hydrogen-bond acceptors (Lipinski definition) is 5. The molecule has 0 aliphatic rings. The number of thiazole rings is 1. The molecular formula is C19H27N5O2S. The average molecular weight is 390 g/mol. The Balaban J connectivity index is 1.92. The number of guanidine groups is 1. The van der Waals surface area contributed by atoms with Crippen LogP contribution >= 0.6 is 11.3 Å². The normalized spacial score (nSPS) is 12.6. The molecule has 0 fully saturated rings. The molecule has 1 heterocycles. The van der Waals surface area contributed by atoms with Crippen molar-refractivity contribution in [3.05, 3.63) is 51.5 Å². The molecule has 0 radical (unpaired) electrons. The number of rotatable bonds is 7. The largest absolute Gasteiger partial charge is 0.375 e. The molecule has 0 saturated heterocycles. The molecule has 0 bridgehead atoms. The van der Waals surface area contributed by atoms with Crippen LogP contribution in [0.15, 0.2) is 34.6 Å². The van der Waals surface area contributed by atoms with Crippen LogP contribution in [-0.4, -0.2) is 50.0 Å². The molecule has 0 aliphatic heterocycles. The number of nitrogens with zero attached hydrogens (tertiary/aromatic N) is 3. The minimum Gasteiger partial charge on any atom is -0.375 e. The van der Waals surface area contributed by atoms with Crippen LogP contribution in [-0.2, 0) is 17.8 Å². The van der Waals surface area contributed by atoms with Gasteiger partial charge >= 0.3 is 0 Å². The van der Waals surface area contributed by atoms with Crippen LogP contribution in [0.1, 0.15) is 39.7 Å². The molecule has 0 saturated carbocycles. The van der Waals surface area contributed by atoms with Gasteiger partial charge in [-0.2, -0.15) is 0 Å². The summed E-state index contributed by atoms with van der Waals surface area (Å²) in [5.41, 5.74) is 2.70. The van der Waals surface area contributed by atoms with Gasteiger partial charge in [0, 0.05) is 45.7 Å². The fourth-order valence-corrected chi connectivity index (χ4v) is 3.33. The van der Waals surface area contributed by atoms with Crippen molar-refractivity contribution in [3.63, 3.8) is 0 Å². The molecule has 1 unspecified atom stereocenters. The van der Waals surface area contributed by atoms with Gasteiger partial charge in [0.05, 0.1) is 12.2 Å². The van der Waals surface area contributed by atoms with Gasteiger partial charge in [-0.1, -0.05) is 12.1 Å². The molecule has 8 heteroatoms.